The average Bonchev–Trinajstić information content (AvgIpc) is 2.39. The summed E-state index contributed by atoms with van der Waals surface area (Å²) in [5, 5.41) is 0.176. The third kappa shape index (κ3) is 1.99. The van der Waals surface area contributed by atoms with Gasteiger partial charge in [-0.25, -0.2) is 9.98 Å². The second kappa shape index (κ2) is 3.98. The number of rotatable bonds is 1. The van der Waals surface area contributed by atoms with Gasteiger partial charge in [-0.3, -0.25) is 0 Å². The lowest BCUT2D eigenvalue weighted by molar-refractivity contribution is 1.05. The van der Waals surface area contributed by atoms with Crippen LogP contribution in [0.25, 0.3) is 0 Å². The highest BCUT2D eigenvalue weighted by Gasteiger charge is 2.12. The topological polar surface area (TPSA) is 64.2 Å². The Kier molecular flexibility index (Phi) is 2.68. The largest absolute Gasteiger partial charge is 0.382 e. The van der Waals surface area contributed by atoms with Crippen molar-refractivity contribution in [2.45, 2.75) is 19.8 Å². The number of hydrogen-bond acceptors (Lipinski definition) is 4. The fourth-order valence-electron chi connectivity index (χ4n) is 1.44. The van der Waals surface area contributed by atoms with Crippen LogP contribution in [0.3, 0.4) is 0 Å². The van der Waals surface area contributed by atoms with Crippen molar-refractivity contribution in [3.05, 3.63) is 23.1 Å². The van der Waals surface area contributed by atoms with Gasteiger partial charge in [0.2, 0.25) is 5.28 Å². The minimum atomic E-state index is 0.176. The van der Waals surface area contributed by atoms with Crippen LogP contribution in [-0.4, -0.2) is 15.7 Å². The lowest BCUT2D eigenvalue weighted by Gasteiger charge is -2.04. The van der Waals surface area contributed by atoms with Crippen LogP contribution in [0.4, 0.5) is 11.5 Å². The van der Waals surface area contributed by atoms with Crippen molar-refractivity contribution in [3.63, 3.8) is 0 Å². The van der Waals surface area contributed by atoms with Crippen LogP contribution in [0, 0.1) is 0 Å². The molecular formula is C10H11ClN4. The van der Waals surface area contributed by atoms with Crippen molar-refractivity contribution in [2.75, 3.05) is 5.73 Å². The number of fused-ring (bicyclic) bond motifs is 1. The van der Waals surface area contributed by atoms with Gasteiger partial charge >= 0.3 is 0 Å². The number of aliphatic imine (C=N–C) groups is 1. The van der Waals surface area contributed by atoms with Crippen molar-refractivity contribution in [3.8, 4) is 0 Å². The molecular weight excluding hydrogens is 212 g/mol. The van der Waals surface area contributed by atoms with Crippen LogP contribution in [0.2, 0.25) is 5.28 Å². The van der Waals surface area contributed by atoms with E-state index in [4.69, 9.17) is 17.3 Å². The molecule has 0 amide bonds. The smallest absolute Gasteiger partial charge is 0.224 e. The highest BCUT2D eigenvalue weighted by atomic mass is 35.5. The Balaban J connectivity index is 2.58. The lowest BCUT2D eigenvalue weighted by Crippen LogP contribution is -1.99. The predicted molar refractivity (Wildman–Crippen MR) is 61.7 cm³/mol. The van der Waals surface area contributed by atoms with Crippen molar-refractivity contribution in [1.29, 1.82) is 0 Å². The number of nitrogen functional groups attached to an aromatic ring is 1. The molecule has 0 spiro atoms. The van der Waals surface area contributed by atoms with Gasteiger partial charge in [-0.15, -0.1) is 0 Å². The van der Waals surface area contributed by atoms with Crippen molar-refractivity contribution in [2.24, 2.45) is 4.99 Å². The van der Waals surface area contributed by atoms with E-state index in [1.165, 1.54) is 0 Å². The van der Waals surface area contributed by atoms with Gasteiger partial charge in [0.05, 0.1) is 5.69 Å². The molecule has 1 aromatic rings. The van der Waals surface area contributed by atoms with Crippen LogP contribution in [0.15, 0.2) is 17.1 Å². The van der Waals surface area contributed by atoms with Gasteiger partial charge in [0.25, 0.3) is 0 Å². The zero-order valence-corrected chi connectivity index (χ0v) is 9.12. The number of anilines is 1. The Labute approximate surface area is 92.9 Å². The molecule has 0 atom stereocenters. The number of nitrogens with two attached hydrogens (primary N) is 1. The minimum absolute atomic E-state index is 0.176. The van der Waals surface area contributed by atoms with E-state index < -0.39 is 0 Å². The maximum Gasteiger partial charge on any atom is 0.224 e. The van der Waals surface area contributed by atoms with E-state index >= 15 is 0 Å². The summed E-state index contributed by atoms with van der Waals surface area (Å²) in [6, 6.07) is 0. The summed E-state index contributed by atoms with van der Waals surface area (Å²) in [5.41, 5.74) is 8.17. The Morgan fingerprint density at radius 3 is 3.00 bits per heavy atom. The van der Waals surface area contributed by atoms with E-state index in [-0.39, 0.29) is 5.28 Å². The molecule has 0 unspecified atom stereocenters. The van der Waals surface area contributed by atoms with Crippen LogP contribution in [0.5, 0.6) is 0 Å². The molecule has 2 heterocycles. The number of aromatic nitrogens is 2. The average molecular weight is 223 g/mol. The molecule has 0 saturated heterocycles. The minimum Gasteiger partial charge on any atom is -0.382 e. The number of allylic oxidation sites excluding steroid dienone is 2. The Morgan fingerprint density at radius 2 is 2.27 bits per heavy atom. The Bertz CT molecular complexity index is 451. The molecule has 1 aliphatic rings. The first kappa shape index (κ1) is 10.1. The zero-order valence-electron chi connectivity index (χ0n) is 8.37. The molecule has 78 valence electrons. The molecule has 1 aromatic heterocycles. The van der Waals surface area contributed by atoms with Crippen LogP contribution in [0.1, 0.15) is 19.0 Å². The maximum absolute atomic E-state index is 5.76. The quantitative estimate of drug-likeness (QED) is 0.742. The highest BCUT2D eigenvalue weighted by Crippen LogP contribution is 2.28. The van der Waals surface area contributed by atoms with Crippen LogP contribution in [-0.2, 0) is 6.42 Å². The first-order chi connectivity index (χ1) is 7.20. The predicted octanol–water partition coefficient (Wildman–Crippen LogP) is 2.31. The monoisotopic (exact) mass is 222 g/mol. The standard InChI is InChI=1S/C10H11ClN4/c1-2-6-4-3-5-7-8(13-6)9(12)15-10(11)14-7/h3-4H,2,5H2,1H3,(H2,12,14,15). The van der Waals surface area contributed by atoms with Gasteiger partial charge in [0.1, 0.15) is 5.69 Å². The Hall–Kier alpha value is -1.42. The fourth-order valence-corrected chi connectivity index (χ4v) is 1.63. The van der Waals surface area contributed by atoms with Gasteiger partial charge in [-0.2, -0.15) is 4.98 Å². The summed E-state index contributed by atoms with van der Waals surface area (Å²) in [4.78, 5) is 12.4. The van der Waals surface area contributed by atoms with Crippen molar-refractivity contribution in [1.82, 2.24) is 9.97 Å². The number of halogens is 1. The molecule has 0 saturated carbocycles. The maximum atomic E-state index is 5.76. The van der Waals surface area contributed by atoms with E-state index in [1.54, 1.807) is 0 Å². The normalized spacial score (nSPS) is 14.4. The molecule has 1 aliphatic heterocycles. The molecule has 0 bridgehead atoms. The van der Waals surface area contributed by atoms with E-state index in [2.05, 4.69) is 15.0 Å². The summed E-state index contributed by atoms with van der Waals surface area (Å²) < 4.78 is 0. The number of nitrogens with zero attached hydrogens (tertiary/aromatic N) is 3. The molecule has 4 nitrogen and oxygen atoms in total. The Morgan fingerprint density at radius 1 is 1.47 bits per heavy atom. The second-order valence-electron chi connectivity index (χ2n) is 3.24. The van der Waals surface area contributed by atoms with Crippen molar-refractivity contribution >= 4 is 28.8 Å². The highest BCUT2D eigenvalue weighted by molar-refractivity contribution is 6.28. The van der Waals surface area contributed by atoms with E-state index in [9.17, 15) is 0 Å². The van der Waals surface area contributed by atoms with Gasteiger partial charge in [0.15, 0.2) is 5.82 Å². The molecule has 0 aliphatic carbocycles. The zero-order chi connectivity index (χ0) is 10.8. The second-order valence-corrected chi connectivity index (χ2v) is 3.57. The first-order valence-corrected chi connectivity index (χ1v) is 5.14. The van der Waals surface area contributed by atoms with E-state index in [0.29, 0.717) is 17.9 Å². The lowest BCUT2D eigenvalue weighted by atomic mass is 10.2. The summed E-state index contributed by atoms with van der Waals surface area (Å²) in [7, 11) is 0. The number of hydrogen-bond donors (Lipinski definition) is 1. The van der Waals surface area contributed by atoms with Gasteiger partial charge in [0, 0.05) is 12.1 Å². The van der Waals surface area contributed by atoms with Crippen LogP contribution >= 0.6 is 11.6 Å². The summed E-state index contributed by atoms with van der Waals surface area (Å²) in [6.45, 7) is 2.04. The third-order valence-electron chi connectivity index (χ3n) is 2.19. The molecule has 0 aromatic carbocycles. The molecule has 0 fully saturated rings. The SMILES string of the molecule is CCC1=Nc2c(N)nc(Cl)nc2CC=C1. The van der Waals surface area contributed by atoms with E-state index in [1.807, 2.05) is 19.1 Å². The summed E-state index contributed by atoms with van der Waals surface area (Å²) in [6.07, 6.45) is 5.54. The van der Waals surface area contributed by atoms with Gasteiger partial charge in [-0.05, 0) is 24.1 Å². The molecule has 2 N–H and O–H groups in total. The molecule has 5 heteroatoms. The van der Waals surface area contributed by atoms with Crippen LogP contribution < -0.4 is 5.73 Å². The van der Waals surface area contributed by atoms with Gasteiger partial charge in [-0.1, -0.05) is 13.0 Å². The molecule has 2 rings (SSSR count). The van der Waals surface area contributed by atoms with Gasteiger partial charge < -0.3 is 5.73 Å². The molecule has 15 heavy (non-hydrogen) atoms. The van der Waals surface area contributed by atoms with E-state index in [0.717, 1.165) is 17.8 Å². The third-order valence-corrected chi connectivity index (χ3v) is 2.36. The fraction of sp³-hybridized carbons (Fsp3) is 0.300. The first-order valence-electron chi connectivity index (χ1n) is 4.76. The molecule has 0 radical (unpaired) electrons. The van der Waals surface area contributed by atoms with Crippen molar-refractivity contribution < 1.29 is 0 Å². The summed E-state index contributed by atoms with van der Waals surface area (Å²) in [5.74, 6) is 0.347. The summed E-state index contributed by atoms with van der Waals surface area (Å²) >= 11 is 5.73.